The summed E-state index contributed by atoms with van der Waals surface area (Å²) in [6.07, 6.45) is 1.77. The molecule has 0 bridgehead atoms. The van der Waals surface area contributed by atoms with E-state index in [-0.39, 0.29) is 5.75 Å². The molecule has 0 spiro atoms. The third-order valence-corrected chi connectivity index (χ3v) is 3.07. The first-order valence-corrected chi connectivity index (χ1v) is 5.09. The summed E-state index contributed by atoms with van der Waals surface area (Å²) in [6.45, 7) is 2.44. The van der Waals surface area contributed by atoms with Crippen LogP contribution in [0.25, 0.3) is 0 Å². The van der Waals surface area contributed by atoms with Crippen LogP contribution in [0.15, 0.2) is 0 Å². The Balaban J connectivity index is 2.46. The van der Waals surface area contributed by atoms with Gasteiger partial charge in [0, 0.05) is 0 Å². The van der Waals surface area contributed by atoms with Crippen molar-refractivity contribution < 1.29 is 12.6 Å². The monoisotopic (exact) mass is 164 g/mol. The van der Waals surface area contributed by atoms with Crippen molar-refractivity contribution in [2.45, 2.75) is 19.8 Å². The van der Waals surface area contributed by atoms with E-state index < -0.39 is 10.1 Å². The van der Waals surface area contributed by atoms with Crippen LogP contribution in [-0.4, -0.2) is 20.8 Å². The molecule has 0 aromatic carbocycles. The van der Waals surface area contributed by atoms with Gasteiger partial charge in [-0.3, -0.25) is 4.18 Å². The SMILES string of the molecule is CCC1CCS(=O)(=O)OC1. The van der Waals surface area contributed by atoms with E-state index in [1.54, 1.807) is 0 Å². The Hall–Kier alpha value is -0.0900. The highest BCUT2D eigenvalue weighted by molar-refractivity contribution is 7.86. The standard InChI is InChI=1S/C6H12O3S/c1-2-6-3-4-10(7,8)9-5-6/h6H,2-5H2,1H3. The second-order valence-corrected chi connectivity index (χ2v) is 4.37. The molecule has 60 valence electrons. The van der Waals surface area contributed by atoms with Gasteiger partial charge in [-0.15, -0.1) is 0 Å². The van der Waals surface area contributed by atoms with E-state index in [4.69, 9.17) is 0 Å². The molecule has 1 rings (SSSR count). The number of hydrogen-bond donors (Lipinski definition) is 0. The molecule has 0 aromatic rings. The molecular weight excluding hydrogens is 152 g/mol. The van der Waals surface area contributed by atoms with Crippen molar-refractivity contribution in [1.82, 2.24) is 0 Å². The summed E-state index contributed by atoms with van der Waals surface area (Å²) in [5.74, 6) is 0.648. The maximum absolute atomic E-state index is 10.7. The molecular formula is C6H12O3S. The molecule has 4 heteroatoms. The highest BCUT2D eigenvalue weighted by atomic mass is 32.2. The van der Waals surface area contributed by atoms with Crippen LogP contribution < -0.4 is 0 Å². The summed E-state index contributed by atoms with van der Waals surface area (Å²) < 4.78 is 26.0. The fraction of sp³-hybridized carbons (Fsp3) is 1.00. The van der Waals surface area contributed by atoms with Crippen molar-refractivity contribution in [3.63, 3.8) is 0 Å². The highest BCUT2D eigenvalue weighted by Crippen LogP contribution is 2.17. The summed E-state index contributed by atoms with van der Waals surface area (Å²) in [5.41, 5.74) is 0. The molecule has 0 aliphatic carbocycles. The summed E-state index contributed by atoms with van der Waals surface area (Å²) in [4.78, 5) is 0. The Morgan fingerprint density at radius 1 is 1.60 bits per heavy atom. The molecule has 10 heavy (non-hydrogen) atoms. The zero-order valence-electron chi connectivity index (χ0n) is 6.04. The first kappa shape index (κ1) is 8.01. The Morgan fingerprint density at radius 2 is 2.30 bits per heavy atom. The zero-order chi connectivity index (χ0) is 7.61. The Kier molecular flexibility index (Phi) is 2.31. The second-order valence-electron chi connectivity index (χ2n) is 2.61. The lowest BCUT2D eigenvalue weighted by atomic mass is 10.1. The van der Waals surface area contributed by atoms with Crippen LogP contribution in [0.1, 0.15) is 19.8 Å². The molecule has 1 aliphatic heterocycles. The molecule has 1 aliphatic rings. The third-order valence-electron chi connectivity index (χ3n) is 1.84. The Morgan fingerprint density at radius 3 is 2.70 bits per heavy atom. The van der Waals surface area contributed by atoms with Gasteiger partial charge in [-0.25, -0.2) is 0 Å². The average molecular weight is 164 g/mol. The van der Waals surface area contributed by atoms with Crippen LogP contribution in [0.4, 0.5) is 0 Å². The Bertz CT molecular complexity index is 181. The van der Waals surface area contributed by atoms with E-state index in [1.807, 2.05) is 6.92 Å². The van der Waals surface area contributed by atoms with Gasteiger partial charge in [0.15, 0.2) is 0 Å². The fourth-order valence-electron chi connectivity index (χ4n) is 0.975. The first-order chi connectivity index (χ1) is 4.64. The van der Waals surface area contributed by atoms with E-state index in [1.165, 1.54) is 0 Å². The molecule has 1 saturated heterocycles. The van der Waals surface area contributed by atoms with Crippen LogP contribution in [-0.2, 0) is 14.3 Å². The molecule has 0 radical (unpaired) electrons. The molecule has 1 atom stereocenters. The topological polar surface area (TPSA) is 43.4 Å². The van der Waals surface area contributed by atoms with Gasteiger partial charge in [-0.1, -0.05) is 13.3 Å². The van der Waals surface area contributed by atoms with Gasteiger partial charge in [-0.2, -0.15) is 8.42 Å². The minimum absolute atomic E-state index is 0.200. The minimum Gasteiger partial charge on any atom is -0.270 e. The van der Waals surface area contributed by atoms with Crippen molar-refractivity contribution in [2.24, 2.45) is 5.92 Å². The van der Waals surface area contributed by atoms with Gasteiger partial charge in [0.2, 0.25) is 0 Å². The van der Waals surface area contributed by atoms with Gasteiger partial charge in [-0.05, 0) is 12.3 Å². The lowest BCUT2D eigenvalue weighted by Crippen LogP contribution is -2.25. The van der Waals surface area contributed by atoms with Crippen molar-refractivity contribution in [1.29, 1.82) is 0 Å². The van der Waals surface area contributed by atoms with Gasteiger partial charge in [0.25, 0.3) is 10.1 Å². The van der Waals surface area contributed by atoms with Gasteiger partial charge in [0.1, 0.15) is 0 Å². The molecule has 0 aromatic heterocycles. The van der Waals surface area contributed by atoms with E-state index >= 15 is 0 Å². The zero-order valence-corrected chi connectivity index (χ0v) is 6.86. The molecule has 1 unspecified atom stereocenters. The summed E-state index contributed by atoms with van der Waals surface area (Å²) in [7, 11) is -3.13. The lowest BCUT2D eigenvalue weighted by Gasteiger charge is -2.19. The molecule has 0 amide bonds. The molecule has 1 heterocycles. The maximum atomic E-state index is 10.7. The quantitative estimate of drug-likeness (QED) is 0.537. The molecule has 3 nitrogen and oxygen atoms in total. The van der Waals surface area contributed by atoms with Crippen molar-refractivity contribution in [3.8, 4) is 0 Å². The van der Waals surface area contributed by atoms with Gasteiger partial charge < -0.3 is 0 Å². The predicted octanol–water partition coefficient (Wildman–Crippen LogP) is 0.763. The molecule has 0 N–H and O–H groups in total. The smallest absolute Gasteiger partial charge is 0.267 e. The maximum Gasteiger partial charge on any atom is 0.267 e. The van der Waals surface area contributed by atoms with Crippen LogP contribution in [0.3, 0.4) is 0 Å². The van der Waals surface area contributed by atoms with E-state index in [2.05, 4.69) is 4.18 Å². The second kappa shape index (κ2) is 2.88. The normalized spacial score (nSPS) is 31.9. The van der Waals surface area contributed by atoms with E-state index in [0.29, 0.717) is 12.5 Å². The summed E-state index contributed by atoms with van der Waals surface area (Å²) in [6, 6.07) is 0. The summed E-state index contributed by atoms with van der Waals surface area (Å²) in [5, 5.41) is 0. The van der Waals surface area contributed by atoms with Crippen molar-refractivity contribution in [2.75, 3.05) is 12.4 Å². The van der Waals surface area contributed by atoms with E-state index in [9.17, 15) is 8.42 Å². The van der Waals surface area contributed by atoms with Gasteiger partial charge in [0.05, 0.1) is 12.4 Å². The predicted molar refractivity (Wildman–Crippen MR) is 38.1 cm³/mol. The third kappa shape index (κ3) is 1.95. The van der Waals surface area contributed by atoms with Crippen LogP contribution in [0, 0.1) is 5.92 Å². The van der Waals surface area contributed by atoms with E-state index in [0.717, 1.165) is 12.8 Å². The first-order valence-electron chi connectivity index (χ1n) is 3.51. The van der Waals surface area contributed by atoms with Crippen molar-refractivity contribution >= 4 is 10.1 Å². The minimum atomic E-state index is -3.13. The van der Waals surface area contributed by atoms with Crippen LogP contribution >= 0.6 is 0 Å². The Labute approximate surface area is 61.5 Å². The average Bonchev–Trinajstić information content (AvgIpc) is 1.88. The van der Waals surface area contributed by atoms with Crippen molar-refractivity contribution in [3.05, 3.63) is 0 Å². The highest BCUT2D eigenvalue weighted by Gasteiger charge is 2.22. The number of hydrogen-bond acceptors (Lipinski definition) is 3. The van der Waals surface area contributed by atoms with Crippen LogP contribution in [0.5, 0.6) is 0 Å². The summed E-state index contributed by atoms with van der Waals surface area (Å²) >= 11 is 0. The fourth-order valence-corrected chi connectivity index (χ4v) is 2.11. The molecule has 0 saturated carbocycles. The lowest BCUT2D eigenvalue weighted by molar-refractivity contribution is 0.223. The number of rotatable bonds is 1. The van der Waals surface area contributed by atoms with Gasteiger partial charge >= 0.3 is 0 Å². The van der Waals surface area contributed by atoms with Crippen LogP contribution in [0.2, 0.25) is 0 Å². The largest absolute Gasteiger partial charge is 0.270 e. The molecule has 1 fully saturated rings.